The predicted octanol–water partition coefficient (Wildman–Crippen LogP) is 3.12. The van der Waals surface area contributed by atoms with Crippen molar-refractivity contribution in [2.24, 2.45) is 0 Å². The van der Waals surface area contributed by atoms with Crippen molar-refractivity contribution in [2.45, 2.75) is 0 Å². The number of urea groups is 1. The molecule has 0 aliphatic heterocycles. The molecule has 2 aromatic carbocycles. The van der Waals surface area contributed by atoms with Crippen LogP contribution in [0.25, 0.3) is 10.2 Å². The molecule has 1 heterocycles. The fourth-order valence-electron chi connectivity index (χ4n) is 1.96. The number of hydrogen-bond donors (Lipinski definition) is 2. The number of aromatic nitrogens is 2. The molecule has 0 fully saturated rings. The van der Waals surface area contributed by atoms with E-state index < -0.39 is 12.0 Å². The quantitative estimate of drug-likeness (QED) is 0.721. The largest absolute Gasteiger partial charge is 0.465 e. The Morgan fingerprint density at radius 2 is 1.74 bits per heavy atom. The number of nitrogens with zero attached hydrogens (tertiary/aromatic N) is 2. The summed E-state index contributed by atoms with van der Waals surface area (Å²) in [6.45, 7) is 0. The Morgan fingerprint density at radius 3 is 2.48 bits per heavy atom. The van der Waals surface area contributed by atoms with Crippen LogP contribution in [0.1, 0.15) is 10.4 Å². The number of methoxy groups -OCH3 is 1. The van der Waals surface area contributed by atoms with E-state index >= 15 is 0 Å². The van der Waals surface area contributed by atoms with Gasteiger partial charge in [0, 0.05) is 11.4 Å². The Kier molecular flexibility index (Phi) is 4.15. The number of carbonyl (C=O) groups excluding carboxylic acids is 2. The SMILES string of the molecule is COC(=O)c1ccc(NC(=O)Nc2ccc3snnc3c2)cc1. The molecule has 0 saturated heterocycles. The lowest BCUT2D eigenvalue weighted by molar-refractivity contribution is 0.0601. The van der Waals surface area contributed by atoms with Crippen LogP contribution in [-0.2, 0) is 4.74 Å². The van der Waals surface area contributed by atoms with Crippen molar-refractivity contribution in [3.63, 3.8) is 0 Å². The zero-order valence-electron chi connectivity index (χ0n) is 12.1. The Hall–Kier alpha value is -3.00. The highest BCUT2D eigenvalue weighted by molar-refractivity contribution is 7.12. The Labute approximate surface area is 135 Å². The summed E-state index contributed by atoms with van der Waals surface area (Å²) in [5.74, 6) is -0.425. The molecule has 0 aliphatic rings. The van der Waals surface area contributed by atoms with Crippen molar-refractivity contribution in [3.8, 4) is 0 Å². The molecule has 116 valence electrons. The van der Waals surface area contributed by atoms with Crippen molar-refractivity contribution in [1.82, 2.24) is 9.59 Å². The number of esters is 1. The molecule has 0 unspecified atom stereocenters. The fraction of sp³-hybridized carbons (Fsp3) is 0.0667. The minimum Gasteiger partial charge on any atom is -0.465 e. The van der Waals surface area contributed by atoms with Gasteiger partial charge in [-0.3, -0.25) is 0 Å². The van der Waals surface area contributed by atoms with Gasteiger partial charge in [0.05, 0.1) is 17.4 Å². The Balaban J connectivity index is 1.65. The average molecular weight is 328 g/mol. The lowest BCUT2D eigenvalue weighted by atomic mass is 10.2. The van der Waals surface area contributed by atoms with Crippen LogP contribution in [0.2, 0.25) is 0 Å². The van der Waals surface area contributed by atoms with E-state index in [0.29, 0.717) is 16.9 Å². The van der Waals surface area contributed by atoms with Crippen molar-refractivity contribution in [1.29, 1.82) is 0 Å². The van der Waals surface area contributed by atoms with E-state index in [1.165, 1.54) is 18.6 Å². The Morgan fingerprint density at radius 1 is 1.04 bits per heavy atom. The third-order valence-electron chi connectivity index (χ3n) is 3.07. The summed E-state index contributed by atoms with van der Waals surface area (Å²) < 4.78 is 9.41. The van der Waals surface area contributed by atoms with Crippen LogP contribution in [0.4, 0.5) is 16.2 Å². The molecule has 0 spiro atoms. The molecule has 3 aromatic rings. The number of carbonyl (C=O) groups is 2. The monoisotopic (exact) mass is 328 g/mol. The minimum atomic E-state index is -0.425. The molecule has 23 heavy (non-hydrogen) atoms. The number of fused-ring (bicyclic) bond motifs is 1. The molecule has 0 aliphatic carbocycles. The van der Waals surface area contributed by atoms with Gasteiger partial charge in [0.1, 0.15) is 5.52 Å². The average Bonchev–Trinajstić information content (AvgIpc) is 3.02. The van der Waals surface area contributed by atoms with E-state index in [9.17, 15) is 9.59 Å². The third-order valence-corrected chi connectivity index (χ3v) is 3.77. The van der Waals surface area contributed by atoms with Crippen molar-refractivity contribution in [2.75, 3.05) is 17.7 Å². The van der Waals surface area contributed by atoms with Crippen LogP contribution in [0, 0.1) is 0 Å². The van der Waals surface area contributed by atoms with Crippen LogP contribution < -0.4 is 10.6 Å². The number of nitrogens with one attached hydrogen (secondary N) is 2. The standard InChI is InChI=1S/C15H12N4O3S/c1-22-14(20)9-2-4-10(5-3-9)16-15(21)17-11-6-7-13-12(8-11)18-19-23-13/h2-8H,1H3,(H2,16,17,21). The molecule has 7 nitrogen and oxygen atoms in total. The maximum Gasteiger partial charge on any atom is 0.337 e. The summed E-state index contributed by atoms with van der Waals surface area (Å²) in [4.78, 5) is 23.3. The van der Waals surface area contributed by atoms with Gasteiger partial charge in [-0.1, -0.05) is 4.49 Å². The lowest BCUT2D eigenvalue weighted by Gasteiger charge is -2.08. The number of rotatable bonds is 3. The Bertz CT molecular complexity index is 861. The first kappa shape index (κ1) is 14.9. The first-order valence-corrected chi connectivity index (χ1v) is 7.41. The molecule has 0 bridgehead atoms. The highest BCUT2D eigenvalue weighted by atomic mass is 32.1. The van der Waals surface area contributed by atoms with Crippen molar-refractivity contribution >= 4 is 45.1 Å². The van der Waals surface area contributed by atoms with E-state index in [4.69, 9.17) is 0 Å². The zero-order valence-corrected chi connectivity index (χ0v) is 12.9. The van der Waals surface area contributed by atoms with E-state index in [1.54, 1.807) is 36.4 Å². The lowest BCUT2D eigenvalue weighted by Crippen LogP contribution is -2.19. The summed E-state index contributed by atoms with van der Waals surface area (Å²) in [6.07, 6.45) is 0. The molecular weight excluding hydrogens is 316 g/mol. The van der Waals surface area contributed by atoms with Crippen LogP contribution in [-0.4, -0.2) is 28.7 Å². The molecule has 0 radical (unpaired) electrons. The second-order valence-corrected chi connectivity index (χ2v) is 5.39. The molecular formula is C15H12N4O3S. The maximum absolute atomic E-state index is 12.0. The highest BCUT2D eigenvalue weighted by Crippen LogP contribution is 2.20. The van der Waals surface area contributed by atoms with Crippen LogP contribution >= 0.6 is 11.5 Å². The summed E-state index contributed by atoms with van der Waals surface area (Å²) in [6, 6.07) is 11.4. The van der Waals surface area contributed by atoms with E-state index in [2.05, 4.69) is 25.0 Å². The van der Waals surface area contributed by atoms with Gasteiger partial charge in [0.25, 0.3) is 0 Å². The third kappa shape index (κ3) is 3.43. The van der Waals surface area contributed by atoms with E-state index in [0.717, 1.165) is 10.2 Å². The van der Waals surface area contributed by atoms with Gasteiger partial charge in [-0.15, -0.1) is 5.10 Å². The highest BCUT2D eigenvalue weighted by Gasteiger charge is 2.07. The van der Waals surface area contributed by atoms with Gasteiger partial charge in [-0.25, -0.2) is 9.59 Å². The fourth-order valence-corrected chi connectivity index (χ4v) is 2.50. The smallest absolute Gasteiger partial charge is 0.337 e. The zero-order chi connectivity index (χ0) is 16.2. The van der Waals surface area contributed by atoms with Crippen LogP contribution in [0.5, 0.6) is 0 Å². The molecule has 8 heteroatoms. The van der Waals surface area contributed by atoms with Gasteiger partial charge in [-0.05, 0) is 54.0 Å². The molecule has 3 rings (SSSR count). The number of amides is 2. The van der Waals surface area contributed by atoms with Gasteiger partial charge in [-0.2, -0.15) is 0 Å². The molecule has 0 saturated carbocycles. The summed E-state index contributed by atoms with van der Waals surface area (Å²) >= 11 is 1.30. The van der Waals surface area contributed by atoms with Crippen molar-refractivity contribution in [3.05, 3.63) is 48.0 Å². The summed E-state index contributed by atoms with van der Waals surface area (Å²) in [7, 11) is 1.32. The van der Waals surface area contributed by atoms with Gasteiger partial charge in [0.2, 0.25) is 0 Å². The van der Waals surface area contributed by atoms with Gasteiger partial charge in [0.15, 0.2) is 0 Å². The maximum atomic E-state index is 12.0. The molecule has 0 atom stereocenters. The van der Waals surface area contributed by atoms with Crippen LogP contribution in [0.15, 0.2) is 42.5 Å². The number of anilines is 2. The minimum absolute atomic E-state index is 0.390. The van der Waals surface area contributed by atoms with Gasteiger partial charge < -0.3 is 15.4 Å². The van der Waals surface area contributed by atoms with Crippen molar-refractivity contribution < 1.29 is 14.3 Å². The second kappa shape index (κ2) is 6.41. The van der Waals surface area contributed by atoms with E-state index in [-0.39, 0.29) is 0 Å². The molecule has 1 aromatic heterocycles. The second-order valence-electron chi connectivity index (χ2n) is 4.60. The number of benzene rings is 2. The topological polar surface area (TPSA) is 93.2 Å². The molecule has 2 N–H and O–H groups in total. The first-order chi connectivity index (χ1) is 11.2. The first-order valence-electron chi connectivity index (χ1n) is 6.64. The predicted molar refractivity (Wildman–Crippen MR) is 87.8 cm³/mol. The summed E-state index contributed by atoms with van der Waals surface area (Å²) in [5, 5.41) is 9.35. The molecule has 2 amide bonds. The van der Waals surface area contributed by atoms with Crippen LogP contribution in [0.3, 0.4) is 0 Å². The number of ether oxygens (including phenoxy) is 1. The van der Waals surface area contributed by atoms with Gasteiger partial charge >= 0.3 is 12.0 Å². The number of hydrogen-bond acceptors (Lipinski definition) is 6. The van der Waals surface area contributed by atoms with E-state index in [1.807, 2.05) is 6.07 Å². The summed E-state index contributed by atoms with van der Waals surface area (Å²) in [5.41, 5.74) is 2.33. The normalized spacial score (nSPS) is 10.3.